The fourth-order valence-electron chi connectivity index (χ4n) is 3.28. The molecule has 0 saturated heterocycles. The van der Waals surface area contributed by atoms with Gasteiger partial charge in [-0.15, -0.1) is 0 Å². The molecule has 5 aromatic rings. The number of aromatic nitrogens is 2. The standard InChI is InChI=1S/C23H16ClN3O2S/c1-29-18-9-2-14(3-10-18)19-13-27-20-11-4-15(12-21(20)30-23(27)26-19)22(28)25-17-7-5-16(24)6-8-17/h2-13H,1H3,(H,25,28). The fraction of sp³-hybridized carbons (Fsp3) is 0.0435. The van der Waals surface area contributed by atoms with Crippen LogP contribution in [-0.4, -0.2) is 22.4 Å². The second kappa shape index (κ2) is 7.48. The second-order valence-corrected chi connectivity index (χ2v) is 8.20. The van der Waals surface area contributed by atoms with Crippen LogP contribution in [0.15, 0.2) is 72.9 Å². The Morgan fingerprint density at radius 2 is 1.83 bits per heavy atom. The lowest BCUT2D eigenvalue weighted by atomic mass is 10.1. The van der Waals surface area contributed by atoms with Gasteiger partial charge in [-0.1, -0.05) is 22.9 Å². The quantitative estimate of drug-likeness (QED) is 0.371. The van der Waals surface area contributed by atoms with Crippen LogP contribution in [0.25, 0.3) is 26.4 Å². The van der Waals surface area contributed by atoms with Gasteiger partial charge in [-0.25, -0.2) is 4.98 Å². The van der Waals surface area contributed by atoms with E-state index in [-0.39, 0.29) is 5.91 Å². The highest BCUT2D eigenvalue weighted by atomic mass is 35.5. The zero-order chi connectivity index (χ0) is 20.7. The summed E-state index contributed by atoms with van der Waals surface area (Å²) in [6, 6.07) is 20.6. The molecule has 0 saturated carbocycles. The van der Waals surface area contributed by atoms with Crippen LogP contribution >= 0.6 is 22.9 Å². The number of hydrogen-bond donors (Lipinski definition) is 1. The maximum atomic E-state index is 12.6. The lowest BCUT2D eigenvalue weighted by molar-refractivity contribution is 0.102. The number of imidazole rings is 1. The molecule has 7 heteroatoms. The van der Waals surface area contributed by atoms with E-state index in [1.807, 2.05) is 48.7 Å². The number of nitrogens with zero attached hydrogens (tertiary/aromatic N) is 2. The number of hydrogen-bond acceptors (Lipinski definition) is 4. The Morgan fingerprint density at radius 3 is 2.57 bits per heavy atom. The average molecular weight is 434 g/mol. The third-order valence-corrected chi connectivity index (χ3v) is 6.11. The van der Waals surface area contributed by atoms with Gasteiger partial charge in [-0.05, 0) is 66.7 Å². The summed E-state index contributed by atoms with van der Waals surface area (Å²) in [4.78, 5) is 18.2. The summed E-state index contributed by atoms with van der Waals surface area (Å²) in [5, 5.41) is 3.52. The molecule has 0 atom stereocenters. The molecule has 0 unspecified atom stereocenters. The Balaban J connectivity index is 1.45. The molecule has 5 nitrogen and oxygen atoms in total. The molecule has 2 aromatic heterocycles. The van der Waals surface area contributed by atoms with Crippen molar-refractivity contribution in [3.8, 4) is 17.0 Å². The van der Waals surface area contributed by atoms with Gasteiger partial charge in [0.25, 0.3) is 5.91 Å². The minimum atomic E-state index is -0.163. The number of fused-ring (bicyclic) bond motifs is 3. The molecule has 0 aliphatic carbocycles. The van der Waals surface area contributed by atoms with Gasteiger partial charge < -0.3 is 10.1 Å². The van der Waals surface area contributed by atoms with Crippen molar-refractivity contribution in [1.82, 2.24) is 9.38 Å². The summed E-state index contributed by atoms with van der Waals surface area (Å²) in [6.07, 6.45) is 2.02. The number of halogens is 1. The number of carbonyl (C=O) groups excluding carboxylic acids is 1. The van der Waals surface area contributed by atoms with E-state index in [0.717, 1.165) is 32.2 Å². The number of amides is 1. The van der Waals surface area contributed by atoms with Gasteiger partial charge in [-0.2, -0.15) is 0 Å². The second-order valence-electron chi connectivity index (χ2n) is 6.75. The normalized spacial score (nSPS) is 11.1. The van der Waals surface area contributed by atoms with E-state index in [9.17, 15) is 4.79 Å². The number of anilines is 1. The van der Waals surface area contributed by atoms with Crippen LogP contribution in [0.5, 0.6) is 5.75 Å². The van der Waals surface area contributed by atoms with Crippen molar-refractivity contribution in [2.45, 2.75) is 0 Å². The summed E-state index contributed by atoms with van der Waals surface area (Å²) in [7, 11) is 1.65. The van der Waals surface area contributed by atoms with E-state index >= 15 is 0 Å². The van der Waals surface area contributed by atoms with E-state index in [4.69, 9.17) is 21.3 Å². The highest BCUT2D eigenvalue weighted by Crippen LogP contribution is 2.31. The molecule has 0 aliphatic rings. The lowest BCUT2D eigenvalue weighted by Gasteiger charge is -2.05. The average Bonchev–Trinajstić information content (AvgIpc) is 3.33. The molecule has 3 aromatic carbocycles. The summed E-state index contributed by atoms with van der Waals surface area (Å²) >= 11 is 7.45. The van der Waals surface area contributed by atoms with Gasteiger partial charge in [0.05, 0.1) is 23.0 Å². The first-order valence-electron chi connectivity index (χ1n) is 9.24. The Bertz CT molecular complexity index is 1370. The topological polar surface area (TPSA) is 55.6 Å². The Morgan fingerprint density at radius 1 is 1.07 bits per heavy atom. The SMILES string of the molecule is COc1ccc(-c2cn3c(n2)sc2cc(C(=O)Nc4ccc(Cl)cc4)ccc23)cc1. The highest BCUT2D eigenvalue weighted by Gasteiger charge is 2.13. The lowest BCUT2D eigenvalue weighted by Crippen LogP contribution is -2.11. The Hall–Kier alpha value is -3.35. The van der Waals surface area contributed by atoms with E-state index in [1.165, 1.54) is 0 Å². The third kappa shape index (κ3) is 3.40. The van der Waals surface area contributed by atoms with Gasteiger partial charge in [0, 0.05) is 28.0 Å². The van der Waals surface area contributed by atoms with E-state index in [1.54, 1.807) is 42.7 Å². The maximum absolute atomic E-state index is 12.6. The van der Waals surface area contributed by atoms with Crippen LogP contribution in [0.3, 0.4) is 0 Å². The van der Waals surface area contributed by atoms with Gasteiger partial charge in [0.1, 0.15) is 5.75 Å². The molecule has 5 rings (SSSR count). The van der Waals surface area contributed by atoms with Crippen molar-refractivity contribution in [1.29, 1.82) is 0 Å². The molecule has 0 spiro atoms. The van der Waals surface area contributed by atoms with Gasteiger partial charge in [0.15, 0.2) is 4.96 Å². The number of rotatable bonds is 4. The molecular formula is C23H16ClN3O2S. The summed E-state index contributed by atoms with van der Waals surface area (Å²) in [5.41, 5.74) is 4.24. The fourth-order valence-corrected chi connectivity index (χ4v) is 4.45. The summed E-state index contributed by atoms with van der Waals surface area (Å²) in [5.74, 6) is 0.652. The minimum absolute atomic E-state index is 0.163. The zero-order valence-corrected chi connectivity index (χ0v) is 17.5. The summed E-state index contributed by atoms with van der Waals surface area (Å²) < 4.78 is 8.28. The molecule has 148 valence electrons. The number of thiazole rings is 1. The van der Waals surface area contributed by atoms with Crippen molar-refractivity contribution in [3.05, 3.63) is 83.5 Å². The van der Waals surface area contributed by atoms with Crippen LogP contribution in [0.2, 0.25) is 5.02 Å². The van der Waals surface area contributed by atoms with Crippen molar-refractivity contribution in [2.24, 2.45) is 0 Å². The monoisotopic (exact) mass is 433 g/mol. The van der Waals surface area contributed by atoms with Crippen LogP contribution in [-0.2, 0) is 0 Å². The van der Waals surface area contributed by atoms with Crippen molar-refractivity contribution in [3.63, 3.8) is 0 Å². The van der Waals surface area contributed by atoms with Crippen LogP contribution < -0.4 is 10.1 Å². The molecular weight excluding hydrogens is 418 g/mol. The predicted molar refractivity (Wildman–Crippen MR) is 122 cm³/mol. The highest BCUT2D eigenvalue weighted by molar-refractivity contribution is 7.23. The predicted octanol–water partition coefficient (Wildman–Crippen LogP) is 6.13. The molecule has 0 aliphatic heterocycles. The minimum Gasteiger partial charge on any atom is -0.497 e. The zero-order valence-electron chi connectivity index (χ0n) is 15.9. The molecule has 2 heterocycles. The summed E-state index contributed by atoms with van der Waals surface area (Å²) in [6.45, 7) is 0. The molecule has 0 bridgehead atoms. The van der Waals surface area contributed by atoms with Crippen molar-refractivity contribution in [2.75, 3.05) is 12.4 Å². The number of methoxy groups -OCH3 is 1. The first kappa shape index (κ1) is 18.7. The number of carbonyl (C=O) groups is 1. The van der Waals surface area contributed by atoms with E-state index in [0.29, 0.717) is 16.3 Å². The first-order valence-corrected chi connectivity index (χ1v) is 10.4. The molecule has 0 radical (unpaired) electrons. The third-order valence-electron chi connectivity index (χ3n) is 4.84. The molecule has 30 heavy (non-hydrogen) atoms. The Kier molecular flexibility index (Phi) is 4.65. The molecule has 1 amide bonds. The van der Waals surface area contributed by atoms with Gasteiger partial charge in [-0.3, -0.25) is 9.20 Å². The molecule has 0 fully saturated rings. The van der Waals surface area contributed by atoms with Crippen molar-refractivity contribution >= 4 is 49.7 Å². The van der Waals surface area contributed by atoms with Gasteiger partial charge >= 0.3 is 0 Å². The van der Waals surface area contributed by atoms with Crippen LogP contribution in [0.1, 0.15) is 10.4 Å². The Labute approximate surface area is 181 Å². The van der Waals surface area contributed by atoms with E-state index in [2.05, 4.69) is 9.72 Å². The van der Waals surface area contributed by atoms with Gasteiger partial charge in [0.2, 0.25) is 0 Å². The largest absolute Gasteiger partial charge is 0.497 e. The molecule has 1 N–H and O–H groups in total. The number of nitrogens with one attached hydrogen (secondary N) is 1. The number of ether oxygens (including phenoxy) is 1. The smallest absolute Gasteiger partial charge is 0.255 e. The van der Waals surface area contributed by atoms with Crippen LogP contribution in [0, 0.1) is 0 Å². The van der Waals surface area contributed by atoms with Crippen molar-refractivity contribution < 1.29 is 9.53 Å². The maximum Gasteiger partial charge on any atom is 0.255 e. The first-order chi connectivity index (χ1) is 14.6. The van der Waals surface area contributed by atoms with E-state index < -0.39 is 0 Å². The number of benzene rings is 3. The van der Waals surface area contributed by atoms with Crippen LogP contribution in [0.4, 0.5) is 5.69 Å².